The van der Waals surface area contributed by atoms with Crippen LogP contribution in [0, 0.1) is 19.8 Å². The Labute approximate surface area is 178 Å². The van der Waals surface area contributed by atoms with Gasteiger partial charge < -0.3 is 10.6 Å². The molecule has 2 heterocycles. The van der Waals surface area contributed by atoms with E-state index in [1.54, 1.807) is 15.6 Å². The molecule has 1 aromatic rings. The van der Waals surface area contributed by atoms with E-state index in [-0.39, 0.29) is 24.0 Å². The third-order valence-corrected chi connectivity index (χ3v) is 6.75. The molecule has 1 saturated heterocycles. The summed E-state index contributed by atoms with van der Waals surface area (Å²) >= 11 is 1.69. The maximum absolute atomic E-state index is 11.6. The maximum atomic E-state index is 11.6. The van der Waals surface area contributed by atoms with Crippen molar-refractivity contribution in [2.24, 2.45) is 10.9 Å². The van der Waals surface area contributed by atoms with Gasteiger partial charge in [0.25, 0.3) is 0 Å². The molecule has 10 heteroatoms. The summed E-state index contributed by atoms with van der Waals surface area (Å²) in [7, 11) is -3.06. The van der Waals surface area contributed by atoms with Crippen LogP contribution in [0.25, 0.3) is 0 Å². The molecule has 2 N–H and O–H groups in total. The lowest BCUT2D eigenvalue weighted by Crippen LogP contribution is -2.44. The van der Waals surface area contributed by atoms with Gasteiger partial charge in [-0.15, -0.1) is 35.3 Å². The van der Waals surface area contributed by atoms with Crippen LogP contribution in [0.15, 0.2) is 4.99 Å². The van der Waals surface area contributed by atoms with Crippen LogP contribution < -0.4 is 10.6 Å². The molecule has 0 atom stereocenters. The highest BCUT2D eigenvalue weighted by Crippen LogP contribution is 2.19. The lowest BCUT2D eigenvalue weighted by Gasteiger charge is -2.30. The molecule has 0 bridgehead atoms. The van der Waals surface area contributed by atoms with Crippen LogP contribution in [-0.4, -0.2) is 56.1 Å². The zero-order valence-corrected chi connectivity index (χ0v) is 19.9. The zero-order chi connectivity index (χ0) is 18.4. The van der Waals surface area contributed by atoms with Gasteiger partial charge in [0.15, 0.2) is 5.96 Å². The van der Waals surface area contributed by atoms with E-state index in [1.807, 2.05) is 13.8 Å². The molecule has 0 unspecified atom stereocenters. The zero-order valence-electron chi connectivity index (χ0n) is 15.9. The lowest BCUT2D eigenvalue weighted by molar-refractivity contribution is 0.275. The summed E-state index contributed by atoms with van der Waals surface area (Å²) in [4.78, 5) is 10.4. The van der Waals surface area contributed by atoms with Gasteiger partial charge in [-0.1, -0.05) is 0 Å². The Hall–Kier alpha value is -0.460. The third kappa shape index (κ3) is 7.28. The average molecular weight is 515 g/mol. The van der Waals surface area contributed by atoms with E-state index in [9.17, 15) is 8.42 Å². The second kappa shape index (κ2) is 10.8. The van der Waals surface area contributed by atoms with Crippen LogP contribution in [0.1, 0.15) is 35.3 Å². The number of nitrogens with zero attached hydrogens (tertiary/aromatic N) is 3. The first-order valence-corrected chi connectivity index (χ1v) is 11.4. The Balaban J connectivity index is 0.00000338. The topological polar surface area (TPSA) is 86.7 Å². The van der Waals surface area contributed by atoms with Crippen molar-refractivity contribution in [2.75, 3.05) is 32.4 Å². The summed E-state index contributed by atoms with van der Waals surface area (Å²) in [6, 6.07) is 0. The van der Waals surface area contributed by atoms with Gasteiger partial charge in [0.1, 0.15) is 5.01 Å². The molecule has 0 aromatic carbocycles. The minimum Gasteiger partial charge on any atom is -0.357 e. The number of rotatable bonds is 6. The number of sulfonamides is 1. The van der Waals surface area contributed by atoms with Crippen molar-refractivity contribution in [2.45, 2.75) is 40.2 Å². The van der Waals surface area contributed by atoms with Crippen molar-refractivity contribution < 1.29 is 8.42 Å². The highest BCUT2D eigenvalue weighted by molar-refractivity contribution is 14.0. The molecule has 2 rings (SSSR count). The minimum absolute atomic E-state index is 0. The number of nitrogens with one attached hydrogen (secondary N) is 2. The summed E-state index contributed by atoms with van der Waals surface area (Å²) in [5.74, 6) is 1.25. The summed E-state index contributed by atoms with van der Waals surface area (Å²) in [6.07, 6.45) is 3.04. The Morgan fingerprint density at radius 3 is 2.46 bits per heavy atom. The predicted octanol–water partition coefficient (Wildman–Crippen LogP) is 2.10. The molecule has 150 valence electrons. The van der Waals surface area contributed by atoms with Crippen molar-refractivity contribution >= 4 is 51.3 Å². The summed E-state index contributed by atoms with van der Waals surface area (Å²) in [6.45, 7) is 9.53. The second-order valence-electron chi connectivity index (χ2n) is 6.43. The largest absolute Gasteiger partial charge is 0.357 e. The van der Waals surface area contributed by atoms with E-state index in [0.717, 1.165) is 42.6 Å². The smallest absolute Gasteiger partial charge is 0.211 e. The maximum Gasteiger partial charge on any atom is 0.211 e. The first kappa shape index (κ1) is 23.6. The third-order valence-electron chi connectivity index (χ3n) is 4.39. The van der Waals surface area contributed by atoms with Crippen LogP contribution in [0.5, 0.6) is 0 Å². The molecule has 0 aliphatic carbocycles. The van der Waals surface area contributed by atoms with Crippen molar-refractivity contribution in [3.63, 3.8) is 0 Å². The average Bonchev–Trinajstić information content (AvgIpc) is 2.88. The van der Waals surface area contributed by atoms with E-state index < -0.39 is 10.0 Å². The van der Waals surface area contributed by atoms with Gasteiger partial charge in [0, 0.05) is 31.1 Å². The second-order valence-corrected chi connectivity index (χ2v) is 9.70. The van der Waals surface area contributed by atoms with E-state index >= 15 is 0 Å². The van der Waals surface area contributed by atoms with Crippen molar-refractivity contribution in [3.05, 3.63) is 15.6 Å². The Bertz CT molecular complexity index is 678. The first-order chi connectivity index (χ1) is 11.8. The number of hydrogen-bond acceptors (Lipinski definition) is 5. The normalized spacial score (nSPS) is 17.0. The Morgan fingerprint density at radius 1 is 1.31 bits per heavy atom. The molecule has 0 spiro atoms. The number of aliphatic imine (C=N–C) groups is 1. The number of hydrogen-bond donors (Lipinski definition) is 2. The monoisotopic (exact) mass is 515 g/mol. The number of aromatic nitrogens is 1. The van der Waals surface area contributed by atoms with Gasteiger partial charge in [0.2, 0.25) is 10.0 Å². The number of aryl methyl sites for hydroxylation is 2. The van der Waals surface area contributed by atoms with Gasteiger partial charge in [0.05, 0.1) is 18.5 Å². The molecular weight excluding hydrogens is 485 g/mol. The van der Waals surface area contributed by atoms with E-state index in [4.69, 9.17) is 0 Å². The predicted molar refractivity (Wildman–Crippen MR) is 119 cm³/mol. The van der Waals surface area contributed by atoms with Gasteiger partial charge in [-0.25, -0.2) is 22.7 Å². The molecule has 0 saturated carbocycles. The number of guanidine groups is 1. The Kier molecular flexibility index (Phi) is 9.76. The van der Waals surface area contributed by atoms with E-state index in [0.29, 0.717) is 25.6 Å². The molecular formula is C16H30IN5O2S2. The fourth-order valence-electron chi connectivity index (χ4n) is 2.78. The van der Waals surface area contributed by atoms with Crippen LogP contribution >= 0.6 is 35.3 Å². The van der Waals surface area contributed by atoms with Gasteiger partial charge >= 0.3 is 0 Å². The highest BCUT2D eigenvalue weighted by atomic mass is 127. The molecule has 1 aliphatic rings. The molecule has 1 fully saturated rings. The molecule has 0 amide bonds. The summed E-state index contributed by atoms with van der Waals surface area (Å²) in [5, 5.41) is 7.66. The van der Waals surface area contributed by atoms with Gasteiger partial charge in [-0.3, -0.25) is 0 Å². The Morgan fingerprint density at radius 2 is 1.96 bits per heavy atom. The lowest BCUT2D eigenvalue weighted by atomic mass is 9.98. The summed E-state index contributed by atoms with van der Waals surface area (Å²) < 4.78 is 24.7. The van der Waals surface area contributed by atoms with E-state index in [1.165, 1.54) is 11.1 Å². The SMILES string of the molecule is CCNC(=NCc1nc(C)c(C)s1)NCC1CCN(S(C)(=O)=O)CC1.I. The number of thiazole rings is 1. The van der Waals surface area contributed by atoms with Crippen LogP contribution in [0.4, 0.5) is 0 Å². The van der Waals surface area contributed by atoms with E-state index in [2.05, 4.69) is 27.5 Å². The fourth-order valence-corrected chi connectivity index (χ4v) is 4.51. The van der Waals surface area contributed by atoms with Crippen LogP contribution in [-0.2, 0) is 16.6 Å². The minimum atomic E-state index is -3.06. The van der Waals surface area contributed by atoms with Crippen molar-refractivity contribution in [3.8, 4) is 0 Å². The quantitative estimate of drug-likeness (QED) is 0.345. The van der Waals surface area contributed by atoms with Crippen molar-refractivity contribution in [1.82, 2.24) is 19.9 Å². The fraction of sp³-hybridized carbons (Fsp3) is 0.750. The van der Waals surface area contributed by atoms with Crippen LogP contribution in [0.3, 0.4) is 0 Å². The molecule has 1 aliphatic heterocycles. The molecule has 7 nitrogen and oxygen atoms in total. The molecule has 26 heavy (non-hydrogen) atoms. The molecule has 0 radical (unpaired) electrons. The summed E-state index contributed by atoms with van der Waals surface area (Å²) in [5.41, 5.74) is 1.07. The van der Waals surface area contributed by atoms with Gasteiger partial charge in [-0.2, -0.15) is 0 Å². The number of halogens is 1. The van der Waals surface area contributed by atoms with Crippen LogP contribution in [0.2, 0.25) is 0 Å². The first-order valence-electron chi connectivity index (χ1n) is 8.69. The van der Waals surface area contributed by atoms with Crippen molar-refractivity contribution in [1.29, 1.82) is 0 Å². The number of piperidine rings is 1. The highest BCUT2D eigenvalue weighted by Gasteiger charge is 2.24. The van der Waals surface area contributed by atoms with Gasteiger partial charge in [-0.05, 0) is 39.5 Å². The standard InChI is InChI=1S/C16H29N5O2S2.HI/c1-5-17-16(19-11-15-20-12(2)13(3)24-15)18-10-14-6-8-21(9-7-14)25(4,22)23;/h14H,5-11H2,1-4H3,(H2,17,18,19);1H. The molecule has 1 aromatic heterocycles.